The first-order chi connectivity index (χ1) is 6.15. The van der Waals surface area contributed by atoms with Gasteiger partial charge in [-0.05, 0) is 39.8 Å². The third kappa shape index (κ3) is 2.69. The van der Waals surface area contributed by atoms with Crippen LogP contribution >= 0.6 is 0 Å². The van der Waals surface area contributed by atoms with E-state index in [1.165, 1.54) is 0 Å². The van der Waals surface area contributed by atoms with Crippen LogP contribution in [0.4, 0.5) is 0 Å². The highest BCUT2D eigenvalue weighted by molar-refractivity contribution is 5.78. The Morgan fingerprint density at radius 1 is 1.38 bits per heavy atom. The van der Waals surface area contributed by atoms with E-state index in [1.807, 2.05) is 0 Å². The van der Waals surface area contributed by atoms with Crippen LogP contribution in [0.15, 0.2) is 0 Å². The number of nitrogens with zero attached hydrogens (tertiary/aromatic N) is 1. The Balaban J connectivity index is 2.34. The summed E-state index contributed by atoms with van der Waals surface area (Å²) >= 11 is 0. The van der Waals surface area contributed by atoms with E-state index < -0.39 is 0 Å². The van der Waals surface area contributed by atoms with Crippen LogP contribution in [0.2, 0.25) is 0 Å². The minimum Gasteiger partial charge on any atom is -0.359 e. The van der Waals surface area contributed by atoms with Crippen molar-refractivity contribution in [1.29, 1.82) is 0 Å². The van der Waals surface area contributed by atoms with Crippen molar-refractivity contribution in [1.82, 2.24) is 10.2 Å². The van der Waals surface area contributed by atoms with Gasteiger partial charge in [0, 0.05) is 19.0 Å². The van der Waals surface area contributed by atoms with Gasteiger partial charge in [-0.3, -0.25) is 4.79 Å². The van der Waals surface area contributed by atoms with Gasteiger partial charge in [-0.15, -0.1) is 0 Å². The van der Waals surface area contributed by atoms with Crippen LogP contribution in [0.5, 0.6) is 0 Å². The van der Waals surface area contributed by atoms with Gasteiger partial charge >= 0.3 is 0 Å². The van der Waals surface area contributed by atoms with Gasteiger partial charge in [0.15, 0.2) is 0 Å². The first kappa shape index (κ1) is 10.5. The number of carbonyl (C=O) groups is 1. The largest absolute Gasteiger partial charge is 0.359 e. The highest BCUT2D eigenvalue weighted by atomic mass is 16.1. The molecule has 3 heteroatoms. The Morgan fingerprint density at radius 3 is 2.31 bits per heavy atom. The topological polar surface area (TPSA) is 32.3 Å². The van der Waals surface area contributed by atoms with Gasteiger partial charge in [-0.1, -0.05) is 0 Å². The first-order valence-corrected chi connectivity index (χ1v) is 5.10. The molecule has 1 aliphatic heterocycles. The average molecular weight is 184 g/mol. The molecular weight excluding hydrogens is 164 g/mol. The zero-order valence-corrected chi connectivity index (χ0v) is 8.84. The molecule has 0 aromatic carbocycles. The van der Waals surface area contributed by atoms with Gasteiger partial charge in [-0.25, -0.2) is 0 Å². The molecule has 76 valence electrons. The van der Waals surface area contributed by atoms with Gasteiger partial charge < -0.3 is 10.2 Å². The molecule has 1 saturated heterocycles. The molecule has 0 bridgehead atoms. The number of carbonyl (C=O) groups excluding carboxylic acids is 1. The van der Waals surface area contributed by atoms with Crippen molar-refractivity contribution in [2.75, 3.05) is 20.1 Å². The second-order valence-electron chi connectivity index (χ2n) is 4.02. The fourth-order valence-electron chi connectivity index (χ4n) is 1.88. The predicted octanol–water partition coefficient (Wildman–Crippen LogP) is 0.853. The Hall–Kier alpha value is -0.570. The summed E-state index contributed by atoms with van der Waals surface area (Å²) in [5.74, 6) is 0.461. The van der Waals surface area contributed by atoms with Crippen LogP contribution in [-0.4, -0.2) is 37.0 Å². The lowest BCUT2D eigenvalue weighted by Crippen LogP contribution is -2.42. The molecule has 0 aromatic rings. The van der Waals surface area contributed by atoms with Crippen molar-refractivity contribution >= 4 is 5.91 Å². The second-order valence-corrected chi connectivity index (χ2v) is 4.02. The molecule has 0 aromatic heterocycles. The number of piperidine rings is 1. The molecule has 1 rings (SSSR count). The molecule has 1 N–H and O–H groups in total. The monoisotopic (exact) mass is 184 g/mol. The van der Waals surface area contributed by atoms with Crippen LogP contribution in [0, 0.1) is 5.92 Å². The summed E-state index contributed by atoms with van der Waals surface area (Å²) in [7, 11) is 1.72. The second kappa shape index (κ2) is 4.61. The van der Waals surface area contributed by atoms with E-state index in [9.17, 15) is 4.79 Å². The normalized spacial score (nSPS) is 20.6. The van der Waals surface area contributed by atoms with Crippen LogP contribution in [0.1, 0.15) is 26.7 Å². The van der Waals surface area contributed by atoms with Crippen LogP contribution < -0.4 is 5.32 Å². The SMILES string of the molecule is CNC(=O)C1CCN(C(C)C)CC1. The number of hydrogen-bond donors (Lipinski definition) is 1. The van der Waals surface area contributed by atoms with Gasteiger partial charge in [0.1, 0.15) is 0 Å². The van der Waals surface area contributed by atoms with E-state index in [0.717, 1.165) is 25.9 Å². The molecular formula is C10H20N2O. The van der Waals surface area contributed by atoms with Crippen molar-refractivity contribution in [2.24, 2.45) is 5.92 Å². The Morgan fingerprint density at radius 2 is 1.92 bits per heavy atom. The molecule has 1 heterocycles. The Labute approximate surface area is 80.5 Å². The van der Waals surface area contributed by atoms with Crippen molar-refractivity contribution in [2.45, 2.75) is 32.7 Å². The van der Waals surface area contributed by atoms with Gasteiger partial charge in [-0.2, -0.15) is 0 Å². The van der Waals surface area contributed by atoms with E-state index >= 15 is 0 Å². The minimum atomic E-state index is 0.211. The van der Waals surface area contributed by atoms with E-state index in [4.69, 9.17) is 0 Å². The zero-order chi connectivity index (χ0) is 9.84. The molecule has 3 nitrogen and oxygen atoms in total. The summed E-state index contributed by atoms with van der Waals surface area (Å²) in [6.07, 6.45) is 2.02. The maximum atomic E-state index is 11.3. The molecule has 0 aliphatic carbocycles. The van der Waals surface area contributed by atoms with E-state index in [0.29, 0.717) is 6.04 Å². The number of amides is 1. The smallest absolute Gasteiger partial charge is 0.222 e. The minimum absolute atomic E-state index is 0.211. The molecule has 1 fully saturated rings. The van der Waals surface area contributed by atoms with Crippen molar-refractivity contribution < 1.29 is 4.79 Å². The van der Waals surface area contributed by atoms with E-state index in [-0.39, 0.29) is 11.8 Å². The van der Waals surface area contributed by atoms with Crippen molar-refractivity contribution in [3.8, 4) is 0 Å². The average Bonchev–Trinajstić information content (AvgIpc) is 2.17. The van der Waals surface area contributed by atoms with Gasteiger partial charge in [0.25, 0.3) is 0 Å². The third-order valence-corrected chi connectivity index (χ3v) is 2.88. The molecule has 13 heavy (non-hydrogen) atoms. The molecule has 0 spiro atoms. The summed E-state index contributed by atoms with van der Waals surface area (Å²) < 4.78 is 0. The van der Waals surface area contributed by atoms with E-state index in [2.05, 4.69) is 24.1 Å². The third-order valence-electron chi connectivity index (χ3n) is 2.88. The number of rotatable bonds is 2. The quantitative estimate of drug-likeness (QED) is 0.690. The molecule has 0 unspecified atom stereocenters. The fourth-order valence-corrected chi connectivity index (χ4v) is 1.88. The molecule has 1 aliphatic rings. The van der Waals surface area contributed by atoms with Crippen LogP contribution in [0.3, 0.4) is 0 Å². The molecule has 0 radical (unpaired) electrons. The van der Waals surface area contributed by atoms with Gasteiger partial charge in [0.2, 0.25) is 5.91 Å². The standard InChI is InChI=1S/C10H20N2O/c1-8(2)12-6-4-9(5-7-12)10(13)11-3/h8-9H,4-7H2,1-3H3,(H,11,13). The zero-order valence-electron chi connectivity index (χ0n) is 8.84. The lowest BCUT2D eigenvalue weighted by molar-refractivity contribution is -0.126. The summed E-state index contributed by atoms with van der Waals surface area (Å²) in [5.41, 5.74) is 0. The van der Waals surface area contributed by atoms with Crippen LogP contribution in [0.25, 0.3) is 0 Å². The molecule has 0 saturated carbocycles. The number of nitrogens with one attached hydrogen (secondary N) is 1. The predicted molar refractivity (Wildman–Crippen MR) is 53.5 cm³/mol. The molecule has 1 amide bonds. The van der Waals surface area contributed by atoms with Crippen molar-refractivity contribution in [3.05, 3.63) is 0 Å². The highest BCUT2D eigenvalue weighted by Crippen LogP contribution is 2.18. The van der Waals surface area contributed by atoms with E-state index in [1.54, 1.807) is 7.05 Å². The number of hydrogen-bond acceptors (Lipinski definition) is 2. The summed E-state index contributed by atoms with van der Waals surface area (Å²) in [6.45, 7) is 6.55. The van der Waals surface area contributed by atoms with Crippen molar-refractivity contribution in [3.63, 3.8) is 0 Å². The number of likely N-dealkylation sites (tertiary alicyclic amines) is 1. The maximum Gasteiger partial charge on any atom is 0.222 e. The summed E-state index contributed by atoms with van der Waals surface area (Å²) in [4.78, 5) is 13.7. The maximum absolute atomic E-state index is 11.3. The Kier molecular flexibility index (Phi) is 3.72. The summed E-state index contributed by atoms with van der Waals surface area (Å²) in [6, 6.07) is 0.616. The van der Waals surface area contributed by atoms with Gasteiger partial charge in [0.05, 0.1) is 0 Å². The lowest BCUT2D eigenvalue weighted by Gasteiger charge is -2.33. The first-order valence-electron chi connectivity index (χ1n) is 5.10. The summed E-state index contributed by atoms with van der Waals surface area (Å²) in [5, 5.41) is 2.72. The Bertz CT molecular complexity index is 172. The fraction of sp³-hybridized carbons (Fsp3) is 0.900. The van der Waals surface area contributed by atoms with Crippen LogP contribution in [-0.2, 0) is 4.79 Å². The highest BCUT2D eigenvalue weighted by Gasteiger charge is 2.24. The molecule has 0 atom stereocenters. The lowest BCUT2D eigenvalue weighted by atomic mass is 9.95.